The van der Waals surface area contributed by atoms with Crippen molar-refractivity contribution in [1.82, 2.24) is 20.6 Å². The second-order valence-corrected chi connectivity index (χ2v) is 7.77. The summed E-state index contributed by atoms with van der Waals surface area (Å²) in [5.41, 5.74) is 3.87. The highest BCUT2D eigenvalue weighted by Crippen LogP contribution is 2.21. The molecule has 0 aliphatic heterocycles. The number of rotatable bonds is 8. The van der Waals surface area contributed by atoms with Gasteiger partial charge in [0.05, 0.1) is 5.01 Å². The zero-order chi connectivity index (χ0) is 19.1. The fourth-order valence-corrected chi connectivity index (χ4v) is 3.97. The van der Waals surface area contributed by atoms with Gasteiger partial charge in [0.15, 0.2) is 5.96 Å². The average Bonchev–Trinajstić information content (AvgIpc) is 3.30. The van der Waals surface area contributed by atoms with Crippen LogP contribution in [0.3, 0.4) is 0 Å². The van der Waals surface area contributed by atoms with E-state index in [0.29, 0.717) is 0 Å². The molecule has 0 fully saturated rings. The number of aromatic nitrogens is 2. The maximum Gasteiger partial charge on any atom is 0.191 e. The molecule has 0 aliphatic carbocycles. The molecule has 7 heteroatoms. The fourth-order valence-electron chi connectivity index (χ4n) is 3.12. The summed E-state index contributed by atoms with van der Waals surface area (Å²) in [5.74, 6) is 0.876. The Bertz CT molecular complexity index is 899. The van der Waals surface area contributed by atoms with E-state index in [1.165, 1.54) is 31.9 Å². The molecule has 0 radical (unpaired) electrons. The van der Waals surface area contributed by atoms with Crippen molar-refractivity contribution in [3.05, 3.63) is 51.6 Å². The van der Waals surface area contributed by atoms with Crippen LogP contribution >= 0.6 is 35.3 Å². The first-order chi connectivity index (χ1) is 13.2. The molecule has 2 heterocycles. The summed E-state index contributed by atoms with van der Waals surface area (Å²) in [4.78, 5) is 13.9. The second kappa shape index (κ2) is 11.4. The van der Waals surface area contributed by atoms with Gasteiger partial charge in [0.2, 0.25) is 0 Å². The quantitative estimate of drug-likeness (QED) is 0.238. The zero-order valence-electron chi connectivity index (χ0n) is 16.8. The maximum atomic E-state index is 4.69. The van der Waals surface area contributed by atoms with Gasteiger partial charge in [-0.15, -0.1) is 35.3 Å². The van der Waals surface area contributed by atoms with Crippen molar-refractivity contribution in [3.8, 4) is 0 Å². The average molecular weight is 511 g/mol. The summed E-state index contributed by atoms with van der Waals surface area (Å²) in [5, 5.41) is 9.26. The number of hydrogen-bond acceptors (Lipinski definition) is 3. The monoisotopic (exact) mass is 511 g/mol. The highest BCUT2D eigenvalue weighted by molar-refractivity contribution is 14.0. The lowest BCUT2D eigenvalue weighted by Crippen LogP contribution is -2.38. The molecule has 5 nitrogen and oxygen atoms in total. The Balaban J connectivity index is 0.00000280. The number of guanidine groups is 1. The molecule has 0 unspecified atom stereocenters. The predicted molar refractivity (Wildman–Crippen MR) is 131 cm³/mol. The summed E-state index contributed by atoms with van der Waals surface area (Å²) in [6.45, 7) is 8.85. The summed E-state index contributed by atoms with van der Waals surface area (Å²) in [6, 6.07) is 6.45. The van der Waals surface area contributed by atoms with Crippen molar-refractivity contribution in [3.63, 3.8) is 0 Å². The molecule has 3 N–H and O–H groups in total. The van der Waals surface area contributed by atoms with Crippen LogP contribution in [0.2, 0.25) is 0 Å². The number of aryl methyl sites for hydroxylation is 2. The molecule has 152 valence electrons. The van der Waals surface area contributed by atoms with Crippen molar-refractivity contribution in [2.45, 2.75) is 40.0 Å². The summed E-state index contributed by atoms with van der Waals surface area (Å²) in [6.07, 6.45) is 7.01. The number of aromatic amines is 1. The molecule has 3 aromatic rings. The van der Waals surface area contributed by atoms with Crippen LogP contribution in [0.4, 0.5) is 0 Å². The Kier molecular flexibility index (Phi) is 9.24. The van der Waals surface area contributed by atoms with Crippen LogP contribution in [0.5, 0.6) is 0 Å². The molecule has 1 aromatic carbocycles. The van der Waals surface area contributed by atoms with E-state index in [0.717, 1.165) is 44.9 Å². The predicted octanol–water partition coefficient (Wildman–Crippen LogP) is 4.45. The number of hydrogen-bond donors (Lipinski definition) is 3. The molecule has 0 amide bonds. The Morgan fingerprint density at radius 1 is 1.21 bits per heavy atom. The van der Waals surface area contributed by atoms with Crippen molar-refractivity contribution >= 4 is 52.2 Å². The molecule has 28 heavy (non-hydrogen) atoms. The minimum absolute atomic E-state index is 0. The van der Waals surface area contributed by atoms with Gasteiger partial charge in [-0.3, -0.25) is 4.99 Å². The third-order valence-corrected chi connectivity index (χ3v) is 5.79. The third kappa shape index (κ3) is 5.94. The third-order valence-electron chi connectivity index (χ3n) is 4.59. The van der Waals surface area contributed by atoms with E-state index >= 15 is 0 Å². The standard InChI is InChI=1S/C21H29N5S.HI/c1-4-17-14-25-19(27-17)10-12-24-21(22-5-2)23-11-9-16-13-26-20-15(3)7-6-8-18(16)20;/h6-8,13-14,26H,4-5,9-12H2,1-3H3,(H2,22,23,24);1H. The van der Waals surface area contributed by atoms with Crippen molar-refractivity contribution in [1.29, 1.82) is 0 Å². The lowest BCUT2D eigenvalue weighted by atomic mass is 10.1. The normalized spacial score (nSPS) is 11.5. The topological polar surface area (TPSA) is 65.1 Å². The first kappa shape index (κ1) is 22.7. The van der Waals surface area contributed by atoms with Gasteiger partial charge in [0, 0.05) is 54.2 Å². The minimum Gasteiger partial charge on any atom is -0.361 e. The molecule has 0 spiro atoms. The van der Waals surface area contributed by atoms with Crippen LogP contribution in [0, 0.1) is 6.92 Å². The number of nitrogens with zero attached hydrogens (tertiary/aromatic N) is 2. The molecular formula is C21H30IN5S. The van der Waals surface area contributed by atoms with E-state index in [-0.39, 0.29) is 24.0 Å². The van der Waals surface area contributed by atoms with Crippen LogP contribution in [-0.2, 0) is 19.3 Å². The van der Waals surface area contributed by atoms with Gasteiger partial charge in [0.1, 0.15) is 0 Å². The van der Waals surface area contributed by atoms with E-state index in [9.17, 15) is 0 Å². The smallest absolute Gasteiger partial charge is 0.191 e. The van der Waals surface area contributed by atoms with E-state index in [2.05, 4.69) is 65.8 Å². The highest BCUT2D eigenvalue weighted by Gasteiger charge is 2.06. The van der Waals surface area contributed by atoms with E-state index in [1.807, 2.05) is 6.20 Å². The van der Waals surface area contributed by atoms with Gasteiger partial charge in [-0.2, -0.15) is 0 Å². The zero-order valence-corrected chi connectivity index (χ0v) is 20.0. The molecule has 0 saturated carbocycles. The molecular weight excluding hydrogens is 481 g/mol. The first-order valence-corrected chi connectivity index (χ1v) is 10.5. The van der Waals surface area contributed by atoms with Gasteiger partial charge in [-0.25, -0.2) is 4.98 Å². The number of nitrogens with one attached hydrogen (secondary N) is 3. The van der Waals surface area contributed by atoms with Gasteiger partial charge in [0.25, 0.3) is 0 Å². The fraction of sp³-hybridized carbons (Fsp3) is 0.429. The molecule has 0 atom stereocenters. The maximum absolute atomic E-state index is 4.69. The second-order valence-electron chi connectivity index (χ2n) is 6.57. The van der Waals surface area contributed by atoms with E-state index in [1.54, 1.807) is 11.3 Å². The summed E-state index contributed by atoms with van der Waals surface area (Å²) in [7, 11) is 0. The molecule has 0 bridgehead atoms. The Labute approximate surface area is 188 Å². The number of H-pyrrole nitrogens is 1. The minimum atomic E-state index is 0. The molecule has 0 saturated heterocycles. The number of fused-ring (bicyclic) bond motifs is 1. The van der Waals surface area contributed by atoms with Crippen molar-refractivity contribution in [2.75, 3.05) is 19.6 Å². The number of benzene rings is 1. The van der Waals surface area contributed by atoms with E-state index < -0.39 is 0 Å². The number of halogens is 1. The molecule has 3 rings (SSSR count). The van der Waals surface area contributed by atoms with Crippen LogP contribution < -0.4 is 10.6 Å². The van der Waals surface area contributed by atoms with Gasteiger partial charge in [-0.1, -0.05) is 25.1 Å². The Hall–Kier alpha value is -1.61. The number of aliphatic imine (C=N–C) groups is 1. The number of thiazole rings is 1. The Morgan fingerprint density at radius 3 is 2.82 bits per heavy atom. The largest absolute Gasteiger partial charge is 0.361 e. The molecule has 2 aromatic heterocycles. The SMILES string of the molecule is CCNC(=NCCc1ncc(CC)s1)NCCc1c[nH]c2c(C)cccc12.I. The lowest BCUT2D eigenvalue weighted by Gasteiger charge is -2.11. The lowest BCUT2D eigenvalue weighted by molar-refractivity contribution is 0.798. The first-order valence-electron chi connectivity index (χ1n) is 9.72. The summed E-state index contributed by atoms with van der Waals surface area (Å²) < 4.78 is 0. The van der Waals surface area contributed by atoms with Gasteiger partial charge >= 0.3 is 0 Å². The summed E-state index contributed by atoms with van der Waals surface area (Å²) >= 11 is 1.79. The van der Waals surface area contributed by atoms with Crippen LogP contribution in [0.1, 0.15) is 34.9 Å². The van der Waals surface area contributed by atoms with Crippen LogP contribution in [0.15, 0.2) is 35.6 Å². The van der Waals surface area contributed by atoms with Gasteiger partial charge in [-0.05, 0) is 37.8 Å². The highest BCUT2D eigenvalue weighted by atomic mass is 127. The van der Waals surface area contributed by atoms with Crippen LogP contribution in [-0.4, -0.2) is 35.6 Å². The van der Waals surface area contributed by atoms with Crippen molar-refractivity contribution in [2.24, 2.45) is 4.99 Å². The van der Waals surface area contributed by atoms with Crippen molar-refractivity contribution < 1.29 is 0 Å². The number of para-hydroxylation sites is 1. The van der Waals surface area contributed by atoms with Gasteiger partial charge < -0.3 is 15.6 Å². The Morgan fingerprint density at radius 2 is 2.07 bits per heavy atom. The van der Waals surface area contributed by atoms with E-state index in [4.69, 9.17) is 4.99 Å². The van der Waals surface area contributed by atoms with Crippen LogP contribution in [0.25, 0.3) is 10.9 Å². The molecule has 0 aliphatic rings.